The molecule has 5 nitrogen and oxygen atoms in total. The Morgan fingerprint density at radius 2 is 1.73 bits per heavy atom. The van der Waals surface area contributed by atoms with E-state index in [1.165, 1.54) is 12.1 Å². The highest BCUT2D eigenvalue weighted by Crippen LogP contribution is 2.27. The smallest absolute Gasteiger partial charge is 0.303 e. The van der Waals surface area contributed by atoms with Crippen molar-refractivity contribution in [2.24, 2.45) is 11.7 Å². The molecule has 118 valence electrons. The quantitative estimate of drug-likeness (QED) is 0.373. The van der Waals surface area contributed by atoms with Gasteiger partial charge in [0.2, 0.25) is 0 Å². The molecule has 0 spiro atoms. The summed E-state index contributed by atoms with van der Waals surface area (Å²) in [4.78, 5) is 10.5. The van der Waals surface area contributed by atoms with Crippen molar-refractivity contribution in [2.45, 2.75) is 12.8 Å². The first kappa shape index (κ1) is 17.6. The number of hydrazine groups is 1. The van der Waals surface area contributed by atoms with E-state index in [4.69, 9.17) is 5.11 Å². The first-order valence-electron chi connectivity index (χ1n) is 6.81. The van der Waals surface area contributed by atoms with Gasteiger partial charge in [0.15, 0.2) is 0 Å². The molecule has 0 fully saturated rings. The summed E-state index contributed by atoms with van der Waals surface area (Å²) in [6.07, 6.45) is 0.707. The molecule has 0 aromatic heterocycles. The molecule has 0 amide bonds. The van der Waals surface area contributed by atoms with Crippen LogP contribution in [0, 0.1) is 5.82 Å². The number of para-hydroxylation sites is 1. The summed E-state index contributed by atoms with van der Waals surface area (Å²) in [5, 5.41) is 11.8. The van der Waals surface area contributed by atoms with Gasteiger partial charge in [0.1, 0.15) is 5.82 Å². The van der Waals surface area contributed by atoms with Gasteiger partial charge in [-0.3, -0.25) is 16.5 Å². The summed E-state index contributed by atoms with van der Waals surface area (Å²) in [7, 11) is 0. The zero-order valence-electron chi connectivity index (χ0n) is 12.1. The summed E-state index contributed by atoms with van der Waals surface area (Å²) < 4.78 is 13.0. The van der Waals surface area contributed by atoms with Crippen LogP contribution < -0.4 is 17.0 Å². The van der Waals surface area contributed by atoms with Crippen molar-refractivity contribution in [3.63, 3.8) is 0 Å². The maximum absolute atomic E-state index is 13.0. The monoisotopic (exact) mass is 305 g/mol. The molecule has 0 heterocycles. The van der Waals surface area contributed by atoms with Gasteiger partial charge < -0.3 is 10.4 Å². The van der Waals surface area contributed by atoms with Crippen molar-refractivity contribution < 1.29 is 14.3 Å². The first-order chi connectivity index (χ1) is 10.7. The Balaban J connectivity index is 0.00000116. The van der Waals surface area contributed by atoms with E-state index >= 15 is 0 Å². The molecule has 0 bridgehead atoms. The number of carboxylic acid groups (broad SMARTS) is 1. The van der Waals surface area contributed by atoms with Gasteiger partial charge in [0, 0.05) is 24.2 Å². The minimum atomic E-state index is -0.793. The Labute approximate surface area is 128 Å². The van der Waals surface area contributed by atoms with Crippen LogP contribution >= 0.6 is 0 Å². The number of carboxylic acids is 1. The minimum Gasteiger partial charge on any atom is -0.481 e. The number of hydrogen-bond acceptors (Lipinski definition) is 4. The standard InChI is InChI=1S/C16H16FNO2.H4N2/c17-13-9-7-12(8-10-13)14-4-1-2-5-15(14)18-11-3-6-16(19)20;1-2/h1-2,4-5,7-10,18H,3,6,11H2,(H,19,20);1-2H2. The average molecular weight is 305 g/mol. The molecule has 2 aromatic rings. The van der Waals surface area contributed by atoms with E-state index in [9.17, 15) is 9.18 Å². The number of rotatable bonds is 6. The Morgan fingerprint density at radius 3 is 2.36 bits per heavy atom. The van der Waals surface area contributed by atoms with E-state index in [1.807, 2.05) is 24.3 Å². The van der Waals surface area contributed by atoms with Crippen LogP contribution in [0.2, 0.25) is 0 Å². The number of halogens is 1. The van der Waals surface area contributed by atoms with Gasteiger partial charge in [-0.05, 0) is 30.2 Å². The molecule has 0 unspecified atom stereocenters. The predicted octanol–water partition coefficient (Wildman–Crippen LogP) is 2.59. The minimum absolute atomic E-state index is 0.145. The van der Waals surface area contributed by atoms with Crippen molar-refractivity contribution in [2.75, 3.05) is 11.9 Å². The Kier molecular flexibility index (Phi) is 7.60. The van der Waals surface area contributed by atoms with Crippen LogP contribution in [0.1, 0.15) is 12.8 Å². The summed E-state index contributed by atoms with van der Waals surface area (Å²) >= 11 is 0. The number of carbonyl (C=O) groups is 1. The second-order valence-electron chi connectivity index (χ2n) is 4.48. The van der Waals surface area contributed by atoms with Gasteiger partial charge >= 0.3 is 5.97 Å². The van der Waals surface area contributed by atoms with E-state index in [0.717, 1.165) is 16.8 Å². The van der Waals surface area contributed by atoms with Crippen LogP contribution in [-0.4, -0.2) is 17.6 Å². The SMILES string of the molecule is NN.O=C(O)CCCNc1ccccc1-c1ccc(F)cc1. The lowest BCUT2D eigenvalue weighted by Crippen LogP contribution is -2.05. The van der Waals surface area contributed by atoms with Gasteiger partial charge in [0.05, 0.1) is 0 Å². The van der Waals surface area contributed by atoms with Crippen LogP contribution in [0.5, 0.6) is 0 Å². The van der Waals surface area contributed by atoms with E-state index in [2.05, 4.69) is 17.0 Å². The maximum atomic E-state index is 13.0. The summed E-state index contributed by atoms with van der Waals surface area (Å²) in [5.74, 6) is 6.94. The molecule has 0 aliphatic heterocycles. The number of hydrogen-bond donors (Lipinski definition) is 4. The third-order valence-corrected chi connectivity index (χ3v) is 2.97. The highest BCUT2D eigenvalue weighted by atomic mass is 19.1. The molecule has 0 radical (unpaired) electrons. The molecule has 0 atom stereocenters. The van der Waals surface area contributed by atoms with Crippen LogP contribution in [-0.2, 0) is 4.79 Å². The topological polar surface area (TPSA) is 101 Å². The average Bonchev–Trinajstić information content (AvgIpc) is 2.54. The van der Waals surface area contributed by atoms with Crippen LogP contribution in [0.4, 0.5) is 10.1 Å². The number of nitrogens with one attached hydrogen (secondary N) is 1. The number of nitrogens with two attached hydrogens (primary N) is 2. The third kappa shape index (κ3) is 5.51. The fourth-order valence-electron chi connectivity index (χ4n) is 1.98. The van der Waals surface area contributed by atoms with E-state index in [0.29, 0.717) is 13.0 Å². The Morgan fingerprint density at radius 1 is 1.09 bits per heavy atom. The summed E-state index contributed by atoms with van der Waals surface area (Å²) in [6, 6.07) is 14.0. The molecule has 0 aliphatic carbocycles. The first-order valence-corrected chi connectivity index (χ1v) is 6.81. The van der Waals surface area contributed by atoms with Crippen molar-refractivity contribution in [1.82, 2.24) is 0 Å². The molecule has 22 heavy (non-hydrogen) atoms. The second-order valence-corrected chi connectivity index (χ2v) is 4.48. The van der Waals surface area contributed by atoms with E-state index in [-0.39, 0.29) is 12.2 Å². The van der Waals surface area contributed by atoms with Crippen molar-refractivity contribution >= 4 is 11.7 Å². The molecule has 6 heteroatoms. The molecule has 0 aliphatic rings. The van der Waals surface area contributed by atoms with Crippen LogP contribution in [0.25, 0.3) is 11.1 Å². The van der Waals surface area contributed by atoms with Crippen molar-refractivity contribution in [3.8, 4) is 11.1 Å². The van der Waals surface area contributed by atoms with Crippen molar-refractivity contribution in [3.05, 3.63) is 54.3 Å². The molecule has 2 aromatic carbocycles. The molecular weight excluding hydrogens is 285 g/mol. The van der Waals surface area contributed by atoms with Crippen LogP contribution in [0.15, 0.2) is 48.5 Å². The van der Waals surface area contributed by atoms with Crippen LogP contribution in [0.3, 0.4) is 0 Å². The van der Waals surface area contributed by atoms with Gasteiger partial charge in [-0.25, -0.2) is 4.39 Å². The lowest BCUT2D eigenvalue weighted by molar-refractivity contribution is -0.137. The molecular formula is C16H20FN3O2. The van der Waals surface area contributed by atoms with Gasteiger partial charge in [-0.2, -0.15) is 0 Å². The lowest BCUT2D eigenvalue weighted by Gasteiger charge is -2.11. The summed E-state index contributed by atoms with van der Waals surface area (Å²) in [6.45, 7) is 0.588. The fourth-order valence-corrected chi connectivity index (χ4v) is 1.98. The van der Waals surface area contributed by atoms with Gasteiger partial charge in [-0.15, -0.1) is 0 Å². The van der Waals surface area contributed by atoms with Gasteiger partial charge in [0.25, 0.3) is 0 Å². The number of anilines is 1. The number of aliphatic carboxylic acids is 1. The highest BCUT2D eigenvalue weighted by Gasteiger charge is 2.04. The third-order valence-electron chi connectivity index (χ3n) is 2.97. The summed E-state index contributed by atoms with van der Waals surface area (Å²) in [5.41, 5.74) is 2.82. The molecule has 2 rings (SSSR count). The zero-order chi connectivity index (χ0) is 16.4. The lowest BCUT2D eigenvalue weighted by atomic mass is 10.0. The Hall–Kier alpha value is -2.44. The van der Waals surface area contributed by atoms with Gasteiger partial charge in [-0.1, -0.05) is 30.3 Å². The van der Waals surface area contributed by atoms with E-state index in [1.54, 1.807) is 12.1 Å². The molecule has 0 saturated carbocycles. The van der Waals surface area contributed by atoms with E-state index < -0.39 is 5.97 Å². The van der Waals surface area contributed by atoms with Crippen molar-refractivity contribution in [1.29, 1.82) is 0 Å². The largest absolute Gasteiger partial charge is 0.481 e. The zero-order valence-corrected chi connectivity index (χ0v) is 12.1. The highest BCUT2D eigenvalue weighted by molar-refractivity contribution is 5.77. The molecule has 0 saturated heterocycles. The fraction of sp³-hybridized carbons (Fsp3) is 0.188. The molecule has 6 N–H and O–H groups in total. The maximum Gasteiger partial charge on any atom is 0.303 e. The second kappa shape index (κ2) is 9.49. The Bertz CT molecular complexity index is 588. The predicted molar refractivity (Wildman–Crippen MR) is 85.6 cm³/mol. The number of benzene rings is 2. The normalized spacial score (nSPS) is 9.59.